The van der Waals surface area contributed by atoms with Gasteiger partial charge in [-0.3, -0.25) is 19.1 Å². The minimum absolute atomic E-state index is 0.0295. The smallest absolute Gasteiger partial charge is 0.343 e. The molecule has 5 nitrogen and oxygen atoms in total. The van der Waals surface area contributed by atoms with Gasteiger partial charge in [0, 0.05) is 44.2 Å². The Labute approximate surface area is 179 Å². The molecule has 166 valence electrons. The molecule has 2 heterocycles. The van der Waals surface area contributed by atoms with E-state index in [9.17, 15) is 22.8 Å². The molecular weight excluding hydrogens is 407 g/mol. The number of benzene rings is 1. The summed E-state index contributed by atoms with van der Waals surface area (Å²) in [5.74, 6) is -0.934. The van der Waals surface area contributed by atoms with Crippen molar-refractivity contribution in [2.24, 2.45) is 5.92 Å². The first kappa shape index (κ1) is 21.6. The maximum Gasteiger partial charge on any atom is 0.401 e. The second-order valence-corrected chi connectivity index (χ2v) is 8.25. The number of alkyl halides is 3. The number of amides is 1. The largest absolute Gasteiger partial charge is 0.401 e. The van der Waals surface area contributed by atoms with Crippen LogP contribution in [0.4, 0.5) is 13.2 Å². The summed E-state index contributed by atoms with van der Waals surface area (Å²) in [6, 6.07) is 5.06. The van der Waals surface area contributed by atoms with E-state index in [0.717, 1.165) is 27.6 Å². The quantitative estimate of drug-likeness (QED) is 0.733. The zero-order valence-corrected chi connectivity index (χ0v) is 17.9. The van der Waals surface area contributed by atoms with Gasteiger partial charge in [0.25, 0.3) is 0 Å². The van der Waals surface area contributed by atoms with Crippen LogP contribution < -0.4 is 0 Å². The SMILES string of the molecule is CCN(CC)C(=O)[C@@H]1C=C2c3cccc4c3c(cn4C(C)=O)CC2N(CC(F)(F)F)C1. The van der Waals surface area contributed by atoms with Gasteiger partial charge in [0.05, 0.1) is 18.0 Å². The van der Waals surface area contributed by atoms with Gasteiger partial charge in [0.1, 0.15) is 0 Å². The van der Waals surface area contributed by atoms with Crippen LogP contribution in [0, 0.1) is 5.92 Å². The lowest BCUT2D eigenvalue weighted by atomic mass is 9.79. The summed E-state index contributed by atoms with van der Waals surface area (Å²) in [5.41, 5.74) is 3.18. The zero-order valence-electron chi connectivity index (χ0n) is 17.9. The normalized spacial score (nSPS) is 21.0. The molecule has 0 spiro atoms. The third-order valence-corrected chi connectivity index (χ3v) is 6.36. The average Bonchev–Trinajstić information content (AvgIpc) is 3.08. The standard InChI is InChI=1S/C23H26F3N3O2/c1-4-27(5-2)22(31)16-9-18-17-7-6-8-19-21(17)15(12-29(19)14(3)30)10-20(18)28(11-16)13-23(24,25)26/h6-9,12,16,20H,4-5,10-11,13H2,1-3H3/t16-,20?/m1/s1. The van der Waals surface area contributed by atoms with Gasteiger partial charge in [0.15, 0.2) is 0 Å². The summed E-state index contributed by atoms with van der Waals surface area (Å²) >= 11 is 0. The van der Waals surface area contributed by atoms with Crippen molar-refractivity contribution in [3.63, 3.8) is 0 Å². The maximum atomic E-state index is 13.4. The Morgan fingerprint density at radius 3 is 2.52 bits per heavy atom. The van der Waals surface area contributed by atoms with Crippen LogP contribution in [0.3, 0.4) is 0 Å². The number of hydrogen-bond acceptors (Lipinski definition) is 3. The van der Waals surface area contributed by atoms with Crippen molar-refractivity contribution in [2.75, 3.05) is 26.2 Å². The Morgan fingerprint density at radius 2 is 1.90 bits per heavy atom. The molecule has 2 aromatic rings. The summed E-state index contributed by atoms with van der Waals surface area (Å²) in [6.45, 7) is 5.18. The number of carbonyl (C=O) groups is 2. The molecule has 0 saturated heterocycles. The van der Waals surface area contributed by atoms with Crippen LogP contribution in [0.1, 0.15) is 36.7 Å². The molecule has 2 atom stereocenters. The van der Waals surface area contributed by atoms with Crippen LogP contribution >= 0.6 is 0 Å². The molecule has 0 saturated carbocycles. The van der Waals surface area contributed by atoms with E-state index in [4.69, 9.17) is 0 Å². The highest BCUT2D eigenvalue weighted by Crippen LogP contribution is 2.43. The molecule has 0 bridgehead atoms. The average molecular weight is 433 g/mol. The Morgan fingerprint density at radius 1 is 1.19 bits per heavy atom. The zero-order chi connectivity index (χ0) is 22.5. The van der Waals surface area contributed by atoms with Crippen LogP contribution in [0.25, 0.3) is 16.5 Å². The number of rotatable bonds is 4. The number of carbonyl (C=O) groups excluding carboxylic acids is 2. The lowest BCUT2D eigenvalue weighted by molar-refractivity contribution is -0.153. The highest BCUT2D eigenvalue weighted by Gasteiger charge is 2.42. The Hall–Kier alpha value is -2.61. The molecule has 4 rings (SSSR count). The molecule has 1 unspecified atom stereocenters. The van der Waals surface area contributed by atoms with Crippen molar-refractivity contribution < 1.29 is 22.8 Å². The van der Waals surface area contributed by atoms with E-state index in [1.165, 1.54) is 11.8 Å². The van der Waals surface area contributed by atoms with E-state index >= 15 is 0 Å². The van der Waals surface area contributed by atoms with Crippen molar-refractivity contribution in [3.8, 4) is 0 Å². The summed E-state index contributed by atoms with van der Waals surface area (Å²) in [5, 5.41) is 0.892. The highest BCUT2D eigenvalue weighted by atomic mass is 19.4. The second-order valence-electron chi connectivity index (χ2n) is 8.25. The Kier molecular flexibility index (Phi) is 5.45. The van der Waals surface area contributed by atoms with Crippen molar-refractivity contribution >= 4 is 28.3 Å². The number of hydrogen-bond donors (Lipinski definition) is 0. The van der Waals surface area contributed by atoms with E-state index in [-0.39, 0.29) is 18.4 Å². The summed E-state index contributed by atoms with van der Waals surface area (Å²) < 4.78 is 41.9. The van der Waals surface area contributed by atoms with Crippen LogP contribution in [-0.4, -0.2) is 64.6 Å². The third-order valence-electron chi connectivity index (χ3n) is 6.36. The molecule has 0 radical (unpaired) electrons. The molecule has 0 N–H and O–H groups in total. The number of fused-ring (bicyclic) bond motifs is 2. The molecular formula is C23H26F3N3O2. The monoisotopic (exact) mass is 433 g/mol. The maximum absolute atomic E-state index is 13.4. The lowest BCUT2D eigenvalue weighted by Gasteiger charge is -2.42. The van der Waals surface area contributed by atoms with Gasteiger partial charge in [0.2, 0.25) is 11.8 Å². The molecule has 2 aliphatic rings. The van der Waals surface area contributed by atoms with Crippen LogP contribution in [-0.2, 0) is 11.2 Å². The van der Waals surface area contributed by atoms with E-state index in [1.807, 2.05) is 38.1 Å². The van der Waals surface area contributed by atoms with Gasteiger partial charge >= 0.3 is 6.18 Å². The molecule has 1 aliphatic carbocycles. The minimum atomic E-state index is -4.37. The molecule has 0 fully saturated rings. The van der Waals surface area contributed by atoms with Gasteiger partial charge in [-0.2, -0.15) is 13.2 Å². The number of nitrogens with zero attached hydrogens (tertiary/aromatic N) is 3. The van der Waals surface area contributed by atoms with E-state index in [1.54, 1.807) is 15.7 Å². The molecule has 31 heavy (non-hydrogen) atoms. The molecule has 8 heteroatoms. The lowest BCUT2D eigenvalue weighted by Crippen LogP contribution is -2.52. The third kappa shape index (κ3) is 3.78. The van der Waals surface area contributed by atoms with E-state index < -0.39 is 24.7 Å². The Balaban J connectivity index is 1.86. The van der Waals surface area contributed by atoms with Crippen LogP contribution in [0.2, 0.25) is 0 Å². The van der Waals surface area contributed by atoms with E-state index in [2.05, 4.69) is 0 Å². The first-order valence-corrected chi connectivity index (χ1v) is 10.6. The molecule has 1 amide bonds. The number of halogens is 3. The molecule has 1 aromatic carbocycles. The molecule has 1 aromatic heterocycles. The van der Waals surface area contributed by atoms with Gasteiger partial charge in [-0.15, -0.1) is 0 Å². The van der Waals surface area contributed by atoms with Crippen LogP contribution in [0.5, 0.6) is 0 Å². The molecule has 1 aliphatic heterocycles. The van der Waals surface area contributed by atoms with Gasteiger partial charge in [-0.1, -0.05) is 18.2 Å². The predicted molar refractivity (Wildman–Crippen MR) is 113 cm³/mol. The van der Waals surface area contributed by atoms with Crippen molar-refractivity contribution in [1.82, 2.24) is 14.4 Å². The summed E-state index contributed by atoms with van der Waals surface area (Å²) in [7, 11) is 0. The van der Waals surface area contributed by atoms with Gasteiger partial charge in [-0.05, 0) is 43.0 Å². The fraction of sp³-hybridized carbons (Fsp3) is 0.478. The second kappa shape index (κ2) is 7.82. The summed E-state index contributed by atoms with van der Waals surface area (Å²) in [6.07, 6.45) is -0.391. The van der Waals surface area contributed by atoms with E-state index in [0.29, 0.717) is 19.5 Å². The predicted octanol–water partition coefficient (Wildman–Crippen LogP) is 3.97. The highest BCUT2D eigenvalue weighted by molar-refractivity contribution is 6.03. The fourth-order valence-corrected chi connectivity index (χ4v) is 5.02. The fourth-order valence-electron chi connectivity index (χ4n) is 5.02. The first-order chi connectivity index (χ1) is 14.6. The topological polar surface area (TPSA) is 45.6 Å². The van der Waals surface area contributed by atoms with Crippen molar-refractivity contribution in [3.05, 3.63) is 41.6 Å². The van der Waals surface area contributed by atoms with Crippen molar-refractivity contribution in [2.45, 2.75) is 39.4 Å². The Bertz CT molecular complexity index is 1070. The minimum Gasteiger partial charge on any atom is -0.343 e. The van der Waals surface area contributed by atoms with Crippen molar-refractivity contribution in [1.29, 1.82) is 0 Å². The van der Waals surface area contributed by atoms with Crippen LogP contribution in [0.15, 0.2) is 30.5 Å². The summed E-state index contributed by atoms with van der Waals surface area (Å²) in [4.78, 5) is 28.2. The first-order valence-electron chi connectivity index (χ1n) is 10.6. The van der Waals surface area contributed by atoms with Gasteiger partial charge < -0.3 is 4.90 Å². The number of aromatic nitrogens is 1. The van der Waals surface area contributed by atoms with Gasteiger partial charge in [-0.25, -0.2) is 0 Å².